The number of para-hydroxylation sites is 1. The van der Waals surface area contributed by atoms with Gasteiger partial charge in [-0.2, -0.15) is 0 Å². The Kier molecular flexibility index (Phi) is 5.13. The first-order valence-corrected chi connectivity index (χ1v) is 6.85. The zero-order chi connectivity index (χ0) is 14.4. The van der Waals surface area contributed by atoms with Gasteiger partial charge in [0.25, 0.3) is 0 Å². The predicted molar refractivity (Wildman–Crippen MR) is 79.1 cm³/mol. The Morgan fingerprint density at radius 1 is 0.950 bits per heavy atom. The summed E-state index contributed by atoms with van der Waals surface area (Å²) in [6, 6.07) is 14.7. The van der Waals surface area contributed by atoms with Crippen molar-refractivity contribution in [2.45, 2.75) is 33.0 Å². The molecule has 0 radical (unpaired) electrons. The Bertz CT molecular complexity index is 554. The number of rotatable bonds is 6. The van der Waals surface area contributed by atoms with Crippen LogP contribution in [0.25, 0.3) is 0 Å². The van der Waals surface area contributed by atoms with Crippen LogP contribution < -0.4 is 10.1 Å². The quantitative estimate of drug-likeness (QED) is 0.861. The van der Waals surface area contributed by atoms with Crippen LogP contribution in [-0.2, 0) is 13.1 Å². The van der Waals surface area contributed by atoms with Gasteiger partial charge in [-0.3, -0.25) is 0 Å². The Morgan fingerprint density at radius 3 is 2.25 bits per heavy atom. The normalized spacial score (nSPS) is 10.8. The minimum atomic E-state index is -0.174. The fourth-order valence-electron chi connectivity index (χ4n) is 1.99. The number of hydrogen-bond donors (Lipinski definition) is 1. The van der Waals surface area contributed by atoms with Gasteiger partial charge in [-0.1, -0.05) is 36.4 Å². The molecule has 0 amide bonds. The van der Waals surface area contributed by atoms with Crippen LogP contribution in [-0.4, -0.2) is 6.10 Å². The lowest BCUT2D eigenvalue weighted by atomic mass is 10.1. The lowest BCUT2D eigenvalue weighted by molar-refractivity contribution is 0.239. The zero-order valence-electron chi connectivity index (χ0n) is 11.9. The first-order chi connectivity index (χ1) is 9.66. The molecule has 0 spiro atoms. The van der Waals surface area contributed by atoms with E-state index in [-0.39, 0.29) is 11.9 Å². The highest BCUT2D eigenvalue weighted by molar-refractivity contribution is 5.33. The fraction of sp³-hybridized carbons (Fsp3) is 0.294. The highest BCUT2D eigenvalue weighted by atomic mass is 19.1. The van der Waals surface area contributed by atoms with Crippen LogP contribution in [0.3, 0.4) is 0 Å². The van der Waals surface area contributed by atoms with Crippen LogP contribution in [0.2, 0.25) is 0 Å². The molecular formula is C17H20FNO. The molecule has 3 heteroatoms. The van der Waals surface area contributed by atoms with Crippen LogP contribution >= 0.6 is 0 Å². The lowest BCUT2D eigenvalue weighted by Gasteiger charge is -2.14. The first kappa shape index (κ1) is 14.5. The largest absolute Gasteiger partial charge is 0.491 e. The van der Waals surface area contributed by atoms with Crippen molar-refractivity contribution in [1.29, 1.82) is 0 Å². The summed E-state index contributed by atoms with van der Waals surface area (Å²) in [6.07, 6.45) is 0.141. The molecule has 1 N–H and O–H groups in total. The Morgan fingerprint density at radius 2 is 1.55 bits per heavy atom. The number of halogens is 1. The molecule has 106 valence electrons. The van der Waals surface area contributed by atoms with E-state index < -0.39 is 0 Å². The third-order valence-electron chi connectivity index (χ3n) is 2.92. The highest BCUT2D eigenvalue weighted by Gasteiger charge is 2.05. The fourth-order valence-corrected chi connectivity index (χ4v) is 1.99. The van der Waals surface area contributed by atoms with E-state index >= 15 is 0 Å². The van der Waals surface area contributed by atoms with E-state index in [1.54, 1.807) is 12.1 Å². The molecule has 0 unspecified atom stereocenters. The summed E-state index contributed by atoms with van der Waals surface area (Å²) in [5.74, 6) is 0.704. The van der Waals surface area contributed by atoms with E-state index in [2.05, 4.69) is 5.32 Å². The molecule has 0 heterocycles. The van der Waals surface area contributed by atoms with Gasteiger partial charge in [0.1, 0.15) is 11.6 Å². The van der Waals surface area contributed by atoms with E-state index in [0.717, 1.165) is 11.3 Å². The van der Waals surface area contributed by atoms with Gasteiger partial charge in [-0.25, -0.2) is 4.39 Å². The molecule has 0 aromatic heterocycles. The molecule has 2 aromatic rings. The average molecular weight is 273 g/mol. The third-order valence-corrected chi connectivity index (χ3v) is 2.92. The van der Waals surface area contributed by atoms with E-state index in [0.29, 0.717) is 18.7 Å². The van der Waals surface area contributed by atoms with Crippen LogP contribution in [0.5, 0.6) is 5.75 Å². The van der Waals surface area contributed by atoms with Gasteiger partial charge in [0.2, 0.25) is 0 Å². The van der Waals surface area contributed by atoms with Gasteiger partial charge >= 0.3 is 0 Å². The van der Waals surface area contributed by atoms with E-state index in [1.165, 1.54) is 6.07 Å². The summed E-state index contributed by atoms with van der Waals surface area (Å²) in [5.41, 5.74) is 1.76. The van der Waals surface area contributed by atoms with Crippen molar-refractivity contribution >= 4 is 0 Å². The molecule has 20 heavy (non-hydrogen) atoms. The van der Waals surface area contributed by atoms with Gasteiger partial charge in [0.15, 0.2) is 0 Å². The molecule has 2 nitrogen and oxygen atoms in total. The second kappa shape index (κ2) is 7.06. The smallest absolute Gasteiger partial charge is 0.127 e. The average Bonchev–Trinajstić information content (AvgIpc) is 2.42. The van der Waals surface area contributed by atoms with Gasteiger partial charge in [-0.05, 0) is 26.0 Å². The van der Waals surface area contributed by atoms with Crippen molar-refractivity contribution in [3.8, 4) is 5.75 Å². The van der Waals surface area contributed by atoms with Crippen molar-refractivity contribution < 1.29 is 9.13 Å². The van der Waals surface area contributed by atoms with E-state index in [4.69, 9.17) is 4.74 Å². The molecule has 0 bridgehead atoms. The maximum absolute atomic E-state index is 13.5. The molecule has 0 saturated carbocycles. The molecular weight excluding hydrogens is 253 g/mol. The topological polar surface area (TPSA) is 21.3 Å². The van der Waals surface area contributed by atoms with E-state index in [1.807, 2.05) is 44.2 Å². The molecule has 0 atom stereocenters. The maximum Gasteiger partial charge on any atom is 0.127 e. The summed E-state index contributed by atoms with van der Waals surface area (Å²) in [4.78, 5) is 0. The van der Waals surface area contributed by atoms with Crippen molar-refractivity contribution in [3.63, 3.8) is 0 Å². The number of ether oxygens (including phenoxy) is 1. The minimum Gasteiger partial charge on any atom is -0.491 e. The molecule has 2 rings (SSSR count). The first-order valence-electron chi connectivity index (χ1n) is 6.85. The monoisotopic (exact) mass is 273 g/mol. The van der Waals surface area contributed by atoms with Crippen molar-refractivity contribution in [2.24, 2.45) is 0 Å². The molecule has 0 fully saturated rings. The molecule has 0 aliphatic heterocycles. The predicted octanol–water partition coefficient (Wildman–Crippen LogP) is 3.90. The summed E-state index contributed by atoms with van der Waals surface area (Å²) >= 11 is 0. The van der Waals surface area contributed by atoms with E-state index in [9.17, 15) is 4.39 Å². The number of benzene rings is 2. The molecule has 2 aromatic carbocycles. The standard InChI is InChI=1S/C17H20FNO/c1-13(2)20-17-10-6-4-8-15(17)12-19-11-14-7-3-5-9-16(14)18/h3-10,13,19H,11-12H2,1-2H3. The number of nitrogens with one attached hydrogen (secondary N) is 1. The van der Waals surface area contributed by atoms with Crippen molar-refractivity contribution in [1.82, 2.24) is 5.32 Å². The Labute approximate surface area is 119 Å². The summed E-state index contributed by atoms with van der Waals surface area (Å²) in [7, 11) is 0. The van der Waals surface area contributed by atoms with Gasteiger partial charge in [-0.15, -0.1) is 0 Å². The van der Waals surface area contributed by atoms with Crippen LogP contribution in [0.1, 0.15) is 25.0 Å². The summed E-state index contributed by atoms with van der Waals surface area (Å²) in [6.45, 7) is 5.16. The molecule has 0 aliphatic rings. The zero-order valence-corrected chi connectivity index (χ0v) is 11.9. The van der Waals surface area contributed by atoms with Crippen molar-refractivity contribution in [3.05, 3.63) is 65.5 Å². The number of hydrogen-bond acceptors (Lipinski definition) is 2. The Balaban J connectivity index is 1.96. The molecule has 0 saturated heterocycles. The van der Waals surface area contributed by atoms with Crippen molar-refractivity contribution in [2.75, 3.05) is 0 Å². The maximum atomic E-state index is 13.5. The molecule has 0 aliphatic carbocycles. The van der Waals surface area contributed by atoms with Gasteiger partial charge < -0.3 is 10.1 Å². The third kappa shape index (κ3) is 4.07. The van der Waals surface area contributed by atoms with Gasteiger partial charge in [0, 0.05) is 24.2 Å². The summed E-state index contributed by atoms with van der Waals surface area (Å²) < 4.78 is 19.3. The van der Waals surface area contributed by atoms with Gasteiger partial charge in [0.05, 0.1) is 6.10 Å². The second-order valence-electron chi connectivity index (χ2n) is 4.97. The minimum absolute atomic E-state index is 0.141. The highest BCUT2D eigenvalue weighted by Crippen LogP contribution is 2.19. The van der Waals surface area contributed by atoms with Crippen LogP contribution in [0, 0.1) is 5.82 Å². The van der Waals surface area contributed by atoms with Crippen LogP contribution in [0.15, 0.2) is 48.5 Å². The van der Waals surface area contributed by atoms with Crippen LogP contribution in [0.4, 0.5) is 4.39 Å². The second-order valence-corrected chi connectivity index (χ2v) is 4.97. The SMILES string of the molecule is CC(C)Oc1ccccc1CNCc1ccccc1F. The summed E-state index contributed by atoms with van der Waals surface area (Å²) in [5, 5.41) is 3.25. The Hall–Kier alpha value is -1.87. The lowest BCUT2D eigenvalue weighted by Crippen LogP contribution is -2.15.